The van der Waals surface area contributed by atoms with Gasteiger partial charge in [-0.25, -0.2) is 4.98 Å². The third kappa shape index (κ3) is 26.3. The van der Waals surface area contributed by atoms with Gasteiger partial charge in [-0.1, -0.05) is 128 Å². The van der Waals surface area contributed by atoms with E-state index in [1.807, 2.05) is 240 Å². The van der Waals surface area contributed by atoms with Crippen LogP contribution >= 0.6 is 0 Å². The van der Waals surface area contributed by atoms with Gasteiger partial charge in [0.1, 0.15) is 11.3 Å². The van der Waals surface area contributed by atoms with Gasteiger partial charge in [-0.2, -0.15) is 60.7 Å². The maximum absolute atomic E-state index is 10.0. The molecule has 1 aliphatic rings. The van der Waals surface area contributed by atoms with E-state index in [-0.39, 0.29) is 63.3 Å². The molecule has 1 fully saturated rings. The Labute approximate surface area is 657 Å². The van der Waals surface area contributed by atoms with Crippen LogP contribution in [0.25, 0.3) is 77.5 Å². The SMILES string of the molecule is CC(=O)C=C(C)O.CC(=O)C=C(C)O.CC1(C)CCC(c2ccc3c(-c4[c-]cccc4)nccc3c2)CC1.C[n+]1[c-]n(-c2[c-]cccc2)cc1.C[n+]1[c-]n(-c2[c-]cccc2)cc1.Cc1ccc2cccc([O][Al][O]c3ccc(-c4ccccc4)cc3)c2n1.[Ir+3].[Ir+3].[c-]1ccccc1-c1nccc2ccccc12. The van der Waals surface area contributed by atoms with Crippen LogP contribution in [0.1, 0.15) is 84.4 Å². The summed E-state index contributed by atoms with van der Waals surface area (Å²) >= 11 is -0.665. The monoisotopic (exact) mass is 1770 g/mol. The fraction of sp³-hybridized carbons (Fsp3) is 0.167. The molecule has 535 valence electrons. The van der Waals surface area contributed by atoms with Crippen LogP contribution in [0, 0.1) is 49.3 Å². The minimum absolute atomic E-state index is 0. The van der Waals surface area contributed by atoms with Crippen LogP contribution in [0.5, 0.6) is 11.5 Å². The molecule has 14 aromatic rings. The number of pyridine rings is 3. The molecule has 15 rings (SSSR count). The first-order chi connectivity index (χ1) is 50.3. The Hall–Kier alpha value is -10.5. The summed E-state index contributed by atoms with van der Waals surface area (Å²) in [6.07, 6.45) is 25.4. The van der Waals surface area contributed by atoms with Crippen LogP contribution < -0.4 is 16.7 Å². The average molecular weight is 1770 g/mol. The number of para-hydroxylation sites is 3. The van der Waals surface area contributed by atoms with Gasteiger partial charge in [0.15, 0.2) is 11.6 Å². The number of ketones is 2. The number of benzene rings is 9. The van der Waals surface area contributed by atoms with Crippen molar-refractivity contribution in [2.75, 3.05) is 0 Å². The number of aryl methyl sites for hydroxylation is 3. The van der Waals surface area contributed by atoms with E-state index in [2.05, 4.69) is 139 Å². The number of carbonyl (C=O) groups is 2. The smallest absolute Gasteiger partial charge is 0.616 e. The van der Waals surface area contributed by atoms with Gasteiger partial charge in [0.25, 0.3) is 0 Å². The minimum atomic E-state index is -0.665. The number of carbonyl (C=O) groups excluding carboxylic acids is 2. The van der Waals surface area contributed by atoms with Crippen LogP contribution in [0.2, 0.25) is 0 Å². The summed E-state index contributed by atoms with van der Waals surface area (Å²) in [5.74, 6) is 2.16. The van der Waals surface area contributed by atoms with E-state index in [0.29, 0.717) is 11.3 Å². The first-order valence-corrected chi connectivity index (χ1v) is 35.2. The zero-order valence-electron chi connectivity index (χ0n) is 60.9. The van der Waals surface area contributed by atoms with Crippen molar-refractivity contribution in [3.05, 3.63) is 346 Å². The van der Waals surface area contributed by atoms with Crippen LogP contribution in [0.3, 0.4) is 0 Å². The predicted molar refractivity (Wildman–Crippen MR) is 416 cm³/mol. The number of aliphatic hydroxyl groups is 2. The van der Waals surface area contributed by atoms with E-state index in [1.54, 1.807) is 0 Å². The fourth-order valence-electron chi connectivity index (χ4n) is 11.3. The first-order valence-electron chi connectivity index (χ1n) is 34.3. The molecule has 0 spiro atoms. The molecule has 0 aliphatic heterocycles. The normalized spacial score (nSPS) is 12.0. The van der Waals surface area contributed by atoms with Gasteiger partial charge in [0, 0.05) is 60.4 Å². The molecule has 0 unspecified atom stereocenters. The van der Waals surface area contributed by atoms with Crippen LogP contribution in [0.4, 0.5) is 0 Å². The number of fused-ring (bicyclic) bond motifs is 3. The first kappa shape index (κ1) is 82.8. The second kappa shape index (κ2) is 42.4. The summed E-state index contributed by atoms with van der Waals surface area (Å²) in [5, 5.41) is 22.7. The van der Waals surface area contributed by atoms with E-state index in [0.717, 1.165) is 62.0 Å². The fourth-order valence-corrected chi connectivity index (χ4v) is 12.0. The molecule has 5 heterocycles. The van der Waals surface area contributed by atoms with Gasteiger partial charge in [0.05, 0.1) is 31.4 Å². The van der Waals surface area contributed by atoms with Crippen molar-refractivity contribution in [1.29, 1.82) is 0 Å². The third-order valence-corrected chi connectivity index (χ3v) is 17.2. The Morgan fingerprint density at radius 2 is 1.02 bits per heavy atom. The van der Waals surface area contributed by atoms with Crippen LogP contribution in [0.15, 0.2) is 297 Å². The Balaban J connectivity index is 0.000000181. The molecule has 1 saturated carbocycles. The molecule has 0 saturated heterocycles. The molecule has 106 heavy (non-hydrogen) atoms. The molecular weight excluding hydrogens is 1690 g/mol. The van der Waals surface area contributed by atoms with Gasteiger partial charge in [-0.15, -0.1) is 71.8 Å². The van der Waals surface area contributed by atoms with Gasteiger partial charge in [-0.3, -0.25) is 9.59 Å². The molecule has 1 aliphatic carbocycles. The van der Waals surface area contributed by atoms with E-state index in [4.69, 9.17) is 17.8 Å². The molecule has 13 nitrogen and oxygen atoms in total. The summed E-state index contributed by atoms with van der Waals surface area (Å²) in [6, 6.07) is 92.2. The zero-order chi connectivity index (χ0) is 73.6. The summed E-state index contributed by atoms with van der Waals surface area (Å²) in [6.45, 7) is 12.5. The standard InChI is InChI=1S/C23H24N.C15H10N.C12H10O.2C10H9N2.C10H9NO.2C5H8O2.Al.2Ir/c1-23(2)13-10-17(11-14-23)19-8-9-21-20(16-19)12-15-24-22(21)18-6-4-3-5-7-18;1-2-7-13(8-3-1)15-14-9-5-4-6-12(14)10-11-16-15;13-12-8-6-11(7-9-12)10-4-2-1-3-5-10;2*1-11-7-8-12(9-11)10-5-3-2-4-6-10;1-7-5-6-8-3-2-4-9(12)10(8)11-7;2*1-4(6)3-5(2)7;;;/h3-6,8-9,12,15-17H,10-11,13-14H2,1-2H3;1-7,9-11H;1-9,13H;2*2-5,7-8H,1H3;2-6,12H,1H3;2*3,6H,1-2H3;;;/q2*-1;;2*-1;;;;+2;2*+3/p-2. The maximum Gasteiger partial charge on any atom is 3.00 e. The van der Waals surface area contributed by atoms with E-state index in [1.165, 1.54) is 104 Å². The molecular formula is C90H85AlIr2N7O6+2. The largest absolute Gasteiger partial charge is 3.00 e. The van der Waals surface area contributed by atoms with Crippen LogP contribution in [-0.2, 0) is 63.9 Å². The second-order valence-electron chi connectivity index (χ2n) is 25.6. The van der Waals surface area contributed by atoms with E-state index >= 15 is 0 Å². The molecule has 9 aromatic carbocycles. The number of imidazole rings is 2. The van der Waals surface area contributed by atoms with Crippen molar-refractivity contribution in [1.82, 2.24) is 24.1 Å². The second-order valence-corrected chi connectivity index (χ2v) is 26.2. The average Bonchev–Trinajstić information content (AvgIpc) is 0.962. The molecule has 5 aromatic heterocycles. The Bertz CT molecular complexity index is 4950. The van der Waals surface area contributed by atoms with Crippen molar-refractivity contribution in [3.63, 3.8) is 0 Å². The number of allylic oxidation sites excluding steroid dienone is 4. The number of nitrogens with zero attached hydrogens (tertiary/aromatic N) is 7. The van der Waals surface area contributed by atoms with E-state index < -0.39 is 15.9 Å². The third-order valence-electron chi connectivity index (χ3n) is 16.5. The summed E-state index contributed by atoms with van der Waals surface area (Å²) in [4.78, 5) is 33.7. The van der Waals surface area contributed by atoms with Crippen molar-refractivity contribution >= 4 is 59.9 Å². The Kier molecular flexibility index (Phi) is 33.1. The minimum Gasteiger partial charge on any atom is -0.616 e. The topological polar surface area (TPSA) is 149 Å². The molecule has 2 N–H and O–H groups in total. The molecule has 0 amide bonds. The number of hydrogen-bond acceptors (Lipinski definition) is 9. The van der Waals surface area contributed by atoms with Crippen molar-refractivity contribution < 1.29 is 76.7 Å². The van der Waals surface area contributed by atoms with Gasteiger partial charge < -0.3 is 46.0 Å². The van der Waals surface area contributed by atoms with Crippen molar-refractivity contribution in [2.24, 2.45) is 19.5 Å². The van der Waals surface area contributed by atoms with Gasteiger partial charge in [0.2, 0.25) is 12.7 Å². The predicted octanol–water partition coefficient (Wildman–Crippen LogP) is 19.2. The number of aliphatic hydroxyl groups excluding tert-OH is 2. The summed E-state index contributed by atoms with van der Waals surface area (Å²) < 4.78 is 19.3. The number of rotatable bonds is 12. The van der Waals surface area contributed by atoms with Crippen molar-refractivity contribution in [3.8, 4) is 56.5 Å². The van der Waals surface area contributed by atoms with Gasteiger partial charge >= 0.3 is 56.1 Å². The molecule has 16 heteroatoms. The van der Waals surface area contributed by atoms with Crippen LogP contribution in [-0.4, -0.2) is 61.8 Å². The number of aromatic nitrogens is 7. The van der Waals surface area contributed by atoms with Gasteiger partial charge in [-0.05, 0) is 158 Å². The molecule has 1 radical (unpaired) electrons. The summed E-state index contributed by atoms with van der Waals surface area (Å²) in [7, 11) is 3.89. The Morgan fingerprint density at radius 3 is 1.51 bits per heavy atom. The quantitative estimate of drug-likeness (QED) is 0.0401. The Morgan fingerprint density at radius 1 is 0.528 bits per heavy atom. The molecule has 0 atom stereocenters. The maximum atomic E-state index is 10.0. The molecule has 0 bridgehead atoms. The number of hydrogen-bond donors (Lipinski definition) is 2. The van der Waals surface area contributed by atoms with E-state index in [9.17, 15) is 9.59 Å². The van der Waals surface area contributed by atoms with Crippen molar-refractivity contribution in [2.45, 2.75) is 80.1 Å². The summed E-state index contributed by atoms with van der Waals surface area (Å²) in [5.41, 5.74) is 12.4. The zero-order valence-corrected chi connectivity index (χ0v) is 66.9.